The topological polar surface area (TPSA) is 36.1 Å². The van der Waals surface area contributed by atoms with Crippen molar-refractivity contribution in [1.82, 2.24) is 9.88 Å². The molecule has 3 nitrogen and oxygen atoms in total. The smallest absolute Gasteiger partial charge is 0.270 e. The molecule has 0 spiro atoms. The van der Waals surface area contributed by atoms with Gasteiger partial charge in [0.25, 0.3) is 5.91 Å². The highest BCUT2D eigenvalue weighted by atomic mass is 35.5. The van der Waals surface area contributed by atoms with Crippen LogP contribution in [-0.4, -0.2) is 28.9 Å². The average Bonchev–Trinajstić information content (AvgIpc) is 2.94. The molecule has 0 unspecified atom stereocenters. The summed E-state index contributed by atoms with van der Waals surface area (Å²) in [5, 5.41) is 1.28. The number of hydrogen-bond donors (Lipinski definition) is 1. The molecule has 1 heterocycles. The van der Waals surface area contributed by atoms with Crippen LogP contribution in [0.5, 0.6) is 0 Å². The highest BCUT2D eigenvalue weighted by molar-refractivity contribution is 6.31. The van der Waals surface area contributed by atoms with Crippen molar-refractivity contribution in [2.45, 2.75) is 13.8 Å². The standard InChI is InChI=1S/C19H18ClFN2O/c1-3-23(4-2)19(24)18-17(13-7-5-6-8-15(13)21)14-11-12(20)9-10-16(14)22-18/h5-11,22H,3-4H2,1-2H3. The molecule has 0 saturated heterocycles. The zero-order valence-electron chi connectivity index (χ0n) is 13.6. The van der Waals surface area contributed by atoms with Crippen molar-refractivity contribution in [1.29, 1.82) is 0 Å². The normalized spacial score (nSPS) is 11.0. The number of benzene rings is 2. The van der Waals surface area contributed by atoms with Gasteiger partial charge in [0, 0.05) is 40.1 Å². The number of H-pyrrole nitrogens is 1. The van der Waals surface area contributed by atoms with Gasteiger partial charge in [0.2, 0.25) is 0 Å². The van der Waals surface area contributed by atoms with Gasteiger partial charge in [-0.05, 0) is 38.1 Å². The van der Waals surface area contributed by atoms with Gasteiger partial charge in [-0.2, -0.15) is 0 Å². The number of nitrogens with zero attached hydrogens (tertiary/aromatic N) is 1. The molecule has 3 aromatic rings. The zero-order valence-corrected chi connectivity index (χ0v) is 14.3. The Kier molecular flexibility index (Phi) is 4.58. The van der Waals surface area contributed by atoms with Crippen LogP contribution in [0, 0.1) is 5.82 Å². The van der Waals surface area contributed by atoms with Crippen molar-refractivity contribution in [2.75, 3.05) is 13.1 Å². The van der Waals surface area contributed by atoms with E-state index in [-0.39, 0.29) is 11.7 Å². The molecule has 1 amide bonds. The predicted molar refractivity (Wildman–Crippen MR) is 96.0 cm³/mol. The number of aromatic amines is 1. The van der Waals surface area contributed by atoms with Crippen LogP contribution >= 0.6 is 11.6 Å². The number of carbonyl (C=O) groups is 1. The minimum Gasteiger partial charge on any atom is -0.350 e. The van der Waals surface area contributed by atoms with E-state index in [0.717, 1.165) is 10.9 Å². The second kappa shape index (κ2) is 6.65. The summed E-state index contributed by atoms with van der Waals surface area (Å²) in [4.78, 5) is 17.8. The Morgan fingerprint density at radius 3 is 2.54 bits per heavy atom. The summed E-state index contributed by atoms with van der Waals surface area (Å²) in [6.07, 6.45) is 0. The molecule has 1 N–H and O–H groups in total. The van der Waals surface area contributed by atoms with E-state index < -0.39 is 0 Å². The van der Waals surface area contributed by atoms with Crippen molar-refractivity contribution in [3.63, 3.8) is 0 Å². The summed E-state index contributed by atoms with van der Waals surface area (Å²) >= 11 is 6.12. The van der Waals surface area contributed by atoms with Crippen LogP contribution in [0.4, 0.5) is 4.39 Å². The quantitative estimate of drug-likeness (QED) is 0.701. The van der Waals surface area contributed by atoms with Crippen LogP contribution < -0.4 is 0 Å². The van der Waals surface area contributed by atoms with Gasteiger partial charge in [0.1, 0.15) is 11.5 Å². The highest BCUT2D eigenvalue weighted by Gasteiger charge is 2.24. The number of rotatable bonds is 4. The number of carbonyl (C=O) groups excluding carboxylic acids is 1. The number of fused-ring (bicyclic) bond motifs is 1. The van der Waals surface area contributed by atoms with E-state index in [1.807, 2.05) is 13.8 Å². The third kappa shape index (κ3) is 2.78. The van der Waals surface area contributed by atoms with Gasteiger partial charge >= 0.3 is 0 Å². The molecular weight excluding hydrogens is 327 g/mol. The second-order valence-corrected chi connectivity index (χ2v) is 5.96. The lowest BCUT2D eigenvalue weighted by Crippen LogP contribution is -2.31. The van der Waals surface area contributed by atoms with E-state index in [4.69, 9.17) is 11.6 Å². The maximum absolute atomic E-state index is 14.4. The number of aromatic nitrogens is 1. The maximum Gasteiger partial charge on any atom is 0.270 e. The number of amides is 1. The van der Waals surface area contributed by atoms with Crippen molar-refractivity contribution in [3.05, 3.63) is 59.0 Å². The molecule has 0 radical (unpaired) electrons. The van der Waals surface area contributed by atoms with Crippen LogP contribution in [0.15, 0.2) is 42.5 Å². The first kappa shape index (κ1) is 16.5. The first-order valence-corrected chi connectivity index (χ1v) is 8.30. The van der Waals surface area contributed by atoms with Crippen molar-refractivity contribution in [2.24, 2.45) is 0 Å². The molecule has 3 rings (SSSR count). The van der Waals surface area contributed by atoms with Gasteiger partial charge in [0.05, 0.1) is 0 Å². The third-order valence-corrected chi connectivity index (χ3v) is 4.40. The number of hydrogen-bond acceptors (Lipinski definition) is 1. The molecule has 0 bridgehead atoms. The van der Waals surface area contributed by atoms with Gasteiger partial charge in [-0.25, -0.2) is 4.39 Å². The predicted octanol–water partition coefficient (Wildman–Crippen LogP) is 5.11. The van der Waals surface area contributed by atoms with Gasteiger partial charge in [-0.1, -0.05) is 29.8 Å². The minimum absolute atomic E-state index is 0.148. The molecule has 2 aromatic carbocycles. The Labute approximate surface area is 145 Å². The second-order valence-electron chi connectivity index (χ2n) is 5.52. The van der Waals surface area contributed by atoms with Crippen molar-refractivity contribution in [3.8, 4) is 11.1 Å². The van der Waals surface area contributed by atoms with E-state index in [9.17, 15) is 9.18 Å². The SMILES string of the molecule is CCN(CC)C(=O)c1[nH]c2ccc(Cl)cc2c1-c1ccccc1F. The van der Waals surface area contributed by atoms with E-state index in [1.54, 1.807) is 41.3 Å². The highest BCUT2D eigenvalue weighted by Crippen LogP contribution is 2.36. The summed E-state index contributed by atoms with van der Waals surface area (Å²) in [6.45, 7) is 5.01. The minimum atomic E-state index is -0.369. The fraction of sp³-hybridized carbons (Fsp3) is 0.211. The average molecular weight is 345 g/mol. The Morgan fingerprint density at radius 2 is 1.88 bits per heavy atom. The summed E-state index contributed by atoms with van der Waals surface area (Å²) in [5.74, 6) is -0.516. The van der Waals surface area contributed by atoms with Crippen molar-refractivity contribution < 1.29 is 9.18 Å². The Morgan fingerprint density at radius 1 is 1.17 bits per heavy atom. The van der Waals surface area contributed by atoms with Gasteiger partial charge in [-0.3, -0.25) is 4.79 Å². The number of halogens is 2. The summed E-state index contributed by atoms with van der Waals surface area (Å²) in [6, 6.07) is 11.8. The molecule has 5 heteroatoms. The monoisotopic (exact) mass is 344 g/mol. The van der Waals surface area contributed by atoms with Crippen LogP contribution in [0.3, 0.4) is 0 Å². The molecule has 0 fully saturated rings. The number of nitrogens with one attached hydrogen (secondary N) is 1. The maximum atomic E-state index is 14.4. The largest absolute Gasteiger partial charge is 0.350 e. The van der Waals surface area contributed by atoms with E-state index in [2.05, 4.69) is 4.98 Å². The van der Waals surface area contributed by atoms with E-state index in [0.29, 0.717) is 34.9 Å². The molecule has 0 saturated carbocycles. The van der Waals surface area contributed by atoms with Crippen molar-refractivity contribution >= 4 is 28.4 Å². The Bertz CT molecular complexity index is 900. The van der Waals surface area contributed by atoms with E-state index >= 15 is 0 Å². The Balaban J connectivity index is 2.31. The third-order valence-electron chi connectivity index (χ3n) is 4.17. The van der Waals surface area contributed by atoms with Crippen LogP contribution in [-0.2, 0) is 0 Å². The van der Waals surface area contributed by atoms with Gasteiger partial charge < -0.3 is 9.88 Å². The molecule has 0 aliphatic carbocycles. The van der Waals surface area contributed by atoms with E-state index in [1.165, 1.54) is 6.07 Å². The van der Waals surface area contributed by atoms with Gasteiger partial charge in [0.15, 0.2) is 0 Å². The summed E-state index contributed by atoms with van der Waals surface area (Å²) < 4.78 is 14.4. The molecular formula is C19H18ClFN2O. The molecule has 0 aliphatic rings. The molecule has 124 valence electrons. The fourth-order valence-corrected chi connectivity index (χ4v) is 3.11. The van der Waals surface area contributed by atoms with Crippen LogP contribution in [0.25, 0.3) is 22.0 Å². The lowest BCUT2D eigenvalue weighted by Gasteiger charge is -2.18. The lowest BCUT2D eigenvalue weighted by atomic mass is 10.0. The molecule has 1 aromatic heterocycles. The van der Waals surface area contributed by atoms with Crippen LogP contribution in [0.2, 0.25) is 5.02 Å². The molecule has 0 atom stereocenters. The van der Waals surface area contributed by atoms with Gasteiger partial charge in [-0.15, -0.1) is 0 Å². The summed E-state index contributed by atoms with van der Waals surface area (Å²) in [5.41, 5.74) is 2.10. The fourth-order valence-electron chi connectivity index (χ4n) is 2.94. The zero-order chi connectivity index (χ0) is 17.3. The molecule has 24 heavy (non-hydrogen) atoms. The first-order valence-electron chi connectivity index (χ1n) is 7.92. The lowest BCUT2D eigenvalue weighted by molar-refractivity contribution is 0.0769. The van der Waals surface area contributed by atoms with Crippen LogP contribution in [0.1, 0.15) is 24.3 Å². The Hall–Kier alpha value is -2.33. The summed E-state index contributed by atoms with van der Waals surface area (Å²) in [7, 11) is 0. The molecule has 0 aliphatic heterocycles. The first-order chi connectivity index (χ1) is 11.6.